The van der Waals surface area contributed by atoms with E-state index in [2.05, 4.69) is 15.2 Å². The van der Waals surface area contributed by atoms with Crippen molar-refractivity contribution in [1.29, 1.82) is 0 Å². The monoisotopic (exact) mass is 483 g/mol. The van der Waals surface area contributed by atoms with E-state index < -0.39 is 17.8 Å². The Balaban J connectivity index is 1.39. The molecule has 0 spiro atoms. The number of likely N-dealkylation sites (tertiary alicyclic amines) is 1. The molecule has 1 aliphatic rings. The molecule has 0 bridgehead atoms. The van der Waals surface area contributed by atoms with Gasteiger partial charge in [-0.2, -0.15) is 13.2 Å². The summed E-state index contributed by atoms with van der Waals surface area (Å²) in [6, 6.07) is 19.0. The fourth-order valence-corrected chi connectivity index (χ4v) is 4.35. The highest BCUT2D eigenvalue weighted by Gasteiger charge is 2.37. The van der Waals surface area contributed by atoms with Gasteiger partial charge in [0.25, 0.3) is 0 Å². The predicted molar refractivity (Wildman–Crippen MR) is 127 cm³/mol. The number of ether oxygens (including phenoxy) is 1. The van der Waals surface area contributed by atoms with Crippen LogP contribution in [0.2, 0.25) is 0 Å². The third-order valence-electron chi connectivity index (χ3n) is 6.23. The predicted octanol–water partition coefficient (Wildman–Crippen LogP) is 5.10. The quantitative estimate of drug-likeness (QED) is 0.485. The molecule has 184 valence electrons. The molecular formula is C27H28F3N3O2. The molecule has 8 heteroatoms. The van der Waals surface area contributed by atoms with Gasteiger partial charge in [-0.25, -0.2) is 0 Å². The van der Waals surface area contributed by atoms with Gasteiger partial charge in [0.2, 0.25) is 5.91 Å². The number of halogens is 3. The number of amides is 1. The number of rotatable bonds is 8. The minimum Gasteiger partial charge on any atom is -0.492 e. The van der Waals surface area contributed by atoms with E-state index in [-0.39, 0.29) is 17.4 Å². The largest absolute Gasteiger partial charge is 0.492 e. The number of hydrogen-bond acceptors (Lipinski definition) is 4. The van der Waals surface area contributed by atoms with Gasteiger partial charge in [0.15, 0.2) is 0 Å². The van der Waals surface area contributed by atoms with Crippen molar-refractivity contribution < 1.29 is 22.7 Å². The van der Waals surface area contributed by atoms with Crippen molar-refractivity contribution in [2.24, 2.45) is 5.92 Å². The van der Waals surface area contributed by atoms with Gasteiger partial charge in [0.05, 0.1) is 17.3 Å². The molecule has 4 rings (SSSR count). The molecule has 35 heavy (non-hydrogen) atoms. The highest BCUT2D eigenvalue weighted by molar-refractivity contribution is 5.79. The van der Waals surface area contributed by atoms with Crippen molar-refractivity contribution in [3.05, 3.63) is 95.8 Å². The first-order valence-corrected chi connectivity index (χ1v) is 11.7. The van der Waals surface area contributed by atoms with Crippen LogP contribution in [0.3, 0.4) is 0 Å². The third kappa shape index (κ3) is 6.60. The third-order valence-corrected chi connectivity index (χ3v) is 6.23. The lowest BCUT2D eigenvalue weighted by Crippen LogP contribution is -2.43. The number of nitrogens with one attached hydrogen (secondary N) is 1. The number of carbonyl (C=O) groups is 1. The van der Waals surface area contributed by atoms with Crippen molar-refractivity contribution >= 4 is 5.91 Å². The van der Waals surface area contributed by atoms with Gasteiger partial charge in [-0.1, -0.05) is 42.5 Å². The molecule has 2 aromatic carbocycles. The van der Waals surface area contributed by atoms with Crippen LogP contribution in [0.1, 0.15) is 35.7 Å². The van der Waals surface area contributed by atoms with E-state index >= 15 is 0 Å². The van der Waals surface area contributed by atoms with E-state index in [1.165, 1.54) is 18.3 Å². The van der Waals surface area contributed by atoms with Crippen molar-refractivity contribution in [3.63, 3.8) is 0 Å². The summed E-state index contributed by atoms with van der Waals surface area (Å²) in [5, 5.41) is 2.87. The van der Waals surface area contributed by atoms with Gasteiger partial charge >= 0.3 is 6.18 Å². The molecule has 3 aromatic rings. The van der Waals surface area contributed by atoms with Crippen LogP contribution in [0.4, 0.5) is 13.2 Å². The first-order chi connectivity index (χ1) is 16.9. The van der Waals surface area contributed by atoms with E-state index in [0.29, 0.717) is 25.1 Å². The van der Waals surface area contributed by atoms with Crippen LogP contribution in [0, 0.1) is 5.92 Å². The van der Waals surface area contributed by atoms with Gasteiger partial charge in [-0.15, -0.1) is 0 Å². The first-order valence-electron chi connectivity index (χ1n) is 11.7. The summed E-state index contributed by atoms with van der Waals surface area (Å²) in [5.41, 5.74) is -0.417. The lowest BCUT2D eigenvalue weighted by Gasteiger charge is -2.32. The fraction of sp³-hybridized carbons (Fsp3) is 0.333. The van der Waals surface area contributed by atoms with Crippen LogP contribution in [0.5, 0.6) is 5.75 Å². The number of pyridine rings is 1. The Morgan fingerprint density at radius 2 is 1.69 bits per heavy atom. The minimum absolute atomic E-state index is 0.0115. The summed E-state index contributed by atoms with van der Waals surface area (Å²) in [4.78, 5) is 19.6. The maximum Gasteiger partial charge on any atom is 0.416 e. The highest BCUT2D eigenvalue weighted by atomic mass is 19.4. The van der Waals surface area contributed by atoms with E-state index in [4.69, 9.17) is 4.74 Å². The molecule has 1 aliphatic heterocycles. The van der Waals surface area contributed by atoms with Crippen LogP contribution < -0.4 is 10.1 Å². The Kier molecular flexibility index (Phi) is 8.02. The molecule has 1 saturated heterocycles. The summed E-state index contributed by atoms with van der Waals surface area (Å²) in [6.45, 7) is 2.75. The number of carbonyl (C=O) groups excluding carboxylic acids is 1. The normalized spacial score (nSPS) is 16.0. The molecule has 1 fully saturated rings. The van der Waals surface area contributed by atoms with Crippen molar-refractivity contribution in [3.8, 4) is 5.75 Å². The second kappa shape index (κ2) is 11.4. The van der Waals surface area contributed by atoms with Crippen molar-refractivity contribution in [1.82, 2.24) is 15.2 Å². The highest BCUT2D eigenvalue weighted by Crippen LogP contribution is 2.36. The summed E-state index contributed by atoms with van der Waals surface area (Å²) < 4.78 is 46.9. The number of hydrogen-bond donors (Lipinski definition) is 1. The second-order valence-corrected chi connectivity index (χ2v) is 8.56. The molecule has 5 nitrogen and oxygen atoms in total. The molecule has 1 N–H and O–H groups in total. The van der Waals surface area contributed by atoms with Crippen LogP contribution >= 0.6 is 0 Å². The SMILES string of the molecule is O=C(NC(c1ccccn1)c1ccccc1C(F)(F)F)C1CCN(CCOc2ccccc2)CC1. The average Bonchev–Trinajstić information content (AvgIpc) is 2.88. The molecule has 1 atom stereocenters. The molecule has 0 radical (unpaired) electrons. The number of piperidine rings is 1. The summed E-state index contributed by atoms with van der Waals surface area (Å²) in [7, 11) is 0. The summed E-state index contributed by atoms with van der Waals surface area (Å²) in [6.07, 6.45) is -1.76. The number of aromatic nitrogens is 1. The molecular weight excluding hydrogens is 455 g/mol. The Morgan fingerprint density at radius 3 is 2.37 bits per heavy atom. The molecule has 2 heterocycles. The molecule has 0 saturated carbocycles. The van der Waals surface area contributed by atoms with Gasteiger partial charge < -0.3 is 10.1 Å². The Bertz CT molecular complexity index is 1090. The lowest BCUT2D eigenvalue weighted by atomic mass is 9.93. The lowest BCUT2D eigenvalue weighted by molar-refractivity contribution is -0.139. The van der Waals surface area contributed by atoms with Crippen LogP contribution in [-0.2, 0) is 11.0 Å². The van der Waals surface area contributed by atoms with E-state index in [1.807, 2.05) is 30.3 Å². The maximum atomic E-state index is 13.7. The summed E-state index contributed by atoms with van der Waals surface area (Å²) >= 11 is 0. The van der Waals surface area contributed by atoms with E-state index in [0.717, 1.165) is 31.5 Å². The number of alkyl halides is 3. The second-order valence-electron chi connectivity index (χ2n) is 8.56. The van der Waals surface area contributed by atoms with Gasteiger partial charge in [-0.3, -0.25) is 14.7 Å². The maximum absolute atomic E-state index is 13.7. The van der Waals surface area contributed by atoms with Crippen molar-refractivity contribution in [2.45, 2.75) is 25.1 Å². The molecule has 0 aliphatic carbocycles. The number of benzene rings is 2. The zero-order chi connectivity index (χ0) is 24.7. The van der Waals surface area contributed by atoms with E-state index in [1.54, 1.807) is 24.3 Å². The van der Waals surface area contributed by atoms with Crippen LogP contribution in [-0.4, -0.2) is 42.0 Å². The zero-order valence-electron chi connectivity index (χ0n) is 19.2. The summed E-state index contributed by atoms with van der Waals surface area (Å²) in [5.74, 6) is 0.296. The Morgan fingerprint density at radius 1 is 1.00 bits per heavy atom. The first kappa shape index (κ1) is 24.7. The van der Waals surface area contributed by atoms with Crippen LogP contribution in [0.15, 0.2) is 79.0 Å². The molecule has 1 unspecified atom stereocenters. The van der Waals surface area contributed by atoms with Gasteiger partial charge in [0.1, 0.15) is 12.4 Å². The standard InChI is InChI=1S/C27H28F3N3O2/c28-27(29,30)23-11-5-4-10-22(23)25(24-12-6-7-15-31-24)32-26(34)20-13-16-33(17-14-20)18-19-35-21-8-2-1-3-9-21/h1-12,15,20,25H,13-14,16-19H2,(H,32,34). The number of para-hydroxylation sites is 1. The number of nitrogens with zero attached hydrogens (tertiary/aromatic N) is 2. The van der Waals surface area contributed by atoms with Gasteiger partial charge in [-0.05, 0) is 61.8 Å². The molecule has 1 amide bonds. The Labute approximate surface area is 202 Å². The topological polar surface area (TPSA) is 54.5 Å². The Hall–Kier alpha value is -3.39. The van der Waals surface area contributed by atoms with Crippen molar-refractivity contribution in [2.75, 3.05) is 26.2 Å². The smallest absolute Gasteiger partial charge is 0.416 e. The molecule has 1 aromatic heterocycles. The average molecular weight is 484 g/mol. The van der Waals surface area contributed by atoms with E-state index in [9.17, 15) is 18.0 Å². The van der Waals surface area contributed by atoms with Crippen LogP contribution in [0.25, 0.3) is 0 Å². The zero-order valence-corrected chi connectivity index (χ0v) is 19.2. The minimum atomic E-state index is -4.54. The van der Waals surface area contributed by atoms with Gasteiger partial charge in [0, 0.05) is 18.7 Å². The fourth-order valence-electron chi connectivity index (χ4n) is 4.35.